The second-order valence-electron chi connectivity index (χ2n) is 6.70. The van der Waals surface area contributed by atoms with Crippen molar-refractivity contribution in [1.29, 1.82) is 0 Å². The number of rotatable bonds is 5. The highest BCUT2D eigenvalue weighted by molar-refractivity contribution is 5.46. The Labute approximate surface area is 128 Å². The Hall–Kier alpha value is -1.06. The largest absolute Gasteiger partial charge is 0.398 e. The lowest BCUT2D eigenvalue weighted by Crippen LogP contribution is -2.52. The molecule has 1 spiro atoms. The summed E-state index contributed by atoms with van der Waals surface area (Å²) >= 11 is 0. The summed E-state index contributed by atoms with van der Waals surface area (Å²) in [6.45, 7) is 5.31. The molecule has 0 aromatic heterocycles. The first kappa shape index (κ1) is 14.9. The van der Waals surface area contributed by atoms with Gasteiger partial charge in [-0.25, -0.2) is 0 Å². The molecule has 1 aliphatic heterocycles. The third kappa shape index (κ3) is 3.24. The molecule has 1 saturated heterocycles. The SMILES string of the molecule is CCCN(Cc1ccccc1N)C1CCOC2(CCC2)C1. The van der Waals surface area contributed by atoms with Crippen molar-refractivity contribution < 1.29 is 4.74 Å². The minimum Gasteiger partial charge on any atom is -0.398 e. The normalized spacial score (nSPS) is 24.2. The van der Waals surface area contributed by atoms with Crippen LogP contribution in [0.2, 0.25) is 0 Å². The molecule has 21 heavy (non-hydrogen) atoms. The van der Waals surface area contributed by atoms with E-state index in [1.54, 1.807) is 0 Å². The van der Waals surface area contributed by atoms with Crippen LogP contribution in [0.25, 0.3) is 0 Å². The van der Waals surface area contributed by atoms with E-state index in [4.69, 9.17) is 10.5 Å². The van der Waals surface area contributed by atoms with Crippen molar-refractivity contribution >= 4 is 5.69 Å². The number of nitrogens with two attached hydrogens (primary N) is 1. The van der Waals surface area contributed by atoms with Crippen LogP contribution in [0.15, 0.2) is 24.3 Å². The van der Waals surface area contributed by atoms with Crippen LogP contribution in [0.4, 0.5) is 5.69 Å². The summed E-state index contributed by atoms with van der Waals surface area (Å²) in [6, 6.07) is 8.93. The van der Waals surface area contributed by atoms with Gasteiger partial charge in [-0.05, 0) is 56.7 Å². The van der Waals surface area contributed by atoms with Crippen molar-refractivity contribution in [1.82, 2.24) is 4.90 Å². The zero-order valence-corrected chi connectivity index (χ0v) is 13.2. The molecule has 3 heteroatoms. The van der Waals surface area contributed by atoms with Crippen LogP contribution in [0, 0.1) is 0 Å². The molecule has 1 unspecified atom stereocenters. The molecule has 2 aliphatic rings. The topological polar surface area (TPSA) is 38.5 Å². The lowest BCUT2D eigenvalue weighted by Gasteiger charge is -2.49. The summed E-state index contributed by atoms with van der Waals surface area (Å²) in [6.07, 6.45) is 7.42. The maximum absolute atomic E-state index is 6.13. The van der Waals surface area contributed by atoms with E-state index in [0.29, 0.717) is 6.04 Å². The Morgan fingerprint density at radius 3 is 2.81 bits per heavy atom. The van der Waals surface area contributed by atoms with Crippen molar-refractivity contribution in [2.45, 2.75) is 63.6 Å². The number of hydrogen-bond donors (Lipinski definition) is 1. The maximum Gasteiger partial charge on any atom is 0.0697 e. The number of nitrogen functional groups attached to an aromatic ring is 1. The minimum atomic E-state index is 0.219. The number of para-hydroxylation sites is 1. The zero-order valence-electron chi connectivity index (χ0n) is 13.2. The van der Waals surface area contributed by atoms with Gasteiger partial charge in [0.2, 0.25) is 0 Å². The summed E-state index contributed by atoms with van der Waals surface area (Å²) in [5.74, 6) is 0. The van der Waals surface area contributed by atoms with Gasteiger partial charge in [0.15, 0.2) is 0 Å². The van der Waals surface area contributed by atoms with Crippen molar-refractivity contribution in [3.63, 3.8) is 0 Å². The quantitative estimate of drug-likeness (QED) is 0.842. The average molecular weight is 288 g/mol. The van der Waals surface area contributed by atoms with E-state index in [-0.39, 0.29) is 5.60 Å². The number of ether oxygens (including phenoxy) is 1. The highest BCUT2D eigenvalue weighted by atomic mass is 16.5. The van der Waals surface area contributed by atoms with Gasteiger partial charge >= 0.3 is 0 Å². The monoisotopic (exact) mass is 288 g/mol. The molecule has 1 atom stereocenters. The van der Waals surface area contributed by atoms with Crippen LogP contribution in [-0.2, 0) is 11.3 Å². The van der Waals surface area contributed by atoms with Crippen LogP contribution in [0.3, 0.4) is 0 Å². The van der Waals surface area contributed by atoms with Crippen molar-refractivity contribution in [2.24, 2.45) is 0 Å². The summed E-state index contributed by atoms with van der Waals surface area (Å²) in [5, 5.41) is 0. The fraction of sp³-hybridized carbons (Fsp3) is 0.667. The summed E-state index contributed by atoms with van der Waals surface area (Å²) < 4.78 is 6.08. The van der Waals surface area contributed by atoms with E-state index in [1.807, 2.05) is 12.1 Å². The zero-order chi connectivity index (χ0) is 14.7. The Bertz CT molecular complexity index is 470. The van der Waals surface area contributed by atoms with Crippen molar-refractivity contribution in [2.75, 3.05) is 18.9 Å². The van der Waals surface area contributed by atoms with E-state index in [0.717, 1.165) is 31.8 Å². The number of benzene rings is 1. The molecule has 1 aliphatic carbocycles. The Kier molecular flexibility index (Phi) is 4.51. The van der Waals surface area contributed by atoms with Crippen molar-refractivity contribution in [3.05, 3.63) is 29.8 Å². The van der Waals surface area contributed by atoms with E-state index in [2.05, 4.69) is 24.0 Å². The van der Waals surface area contributed by atoms with Gasteiger partial charge in [-0.2, -0.15) is 0 Å². The fourth-order valence-electron chi connectivity index (χ4n) is 3.81. The number of nitrogens with zero attached hydrogens (tertiary/aromatic N) is 1. The molecule has 3 nitrogen and oxygen atoms in total. The molecular weight excluding hydrogens is 260 g/mol. The van der Waals surface area contributed by atoms with E-state index in [9.17, 15) is 0 Å². The average Bonchev–Trinajstić information content (AvgIpc) is 2.47. The predicted octanol–water partition coefficient (Wildman–Crippen LogP) is 3.58. The van der Waals surface area contributed by atoms with Gasteiger partial charge in [0, 0.05) is 24.9 Å². The Morgan fingerprint density at radius 1 is 1.33 bits per heavy atom. The highest BCUT2D eigenvalue weighted by Gasteiger charge is 2.43. The van der Waals surface area contributed by atoms with E-state index < -0.39 is 0 Å². The second kappa shape index (κ2) is 6.37. The molecule has 1 aromatic rings. The van der Waals surface area contributed by atoms with Gasteiger partial charge < -0.3 is 10.5 Å². The van der Waals surface area contributed by atoms with Gasteiger partial charge in [-0.1, -0.05) is 25.1 Å². The molecule has 0 bridgehead atoms. The van der Waals surface area contributed by atoms with Crippen LogP contribution >= 0.6 is 0 Å². The summed E-state index contributed by atoms with van der Waals surface area (Å²) in [5.41, 5.74) is 8.54. The van der Waals surface area contributed by atoms with Gasteiger partial charge in [0.25, 0.3) is 0 Å². The molecule has 2 fully saturated rings. The molecule has 0 radical (unpaired) electrons. The molecule has 1 aromatic carbocycles. The standard InChI is InChI=1S/C18H28N2O/c1-2-11-20(14-15-6-3-4-7-17(15)19)16-8-12-21-18(13-16)9-5-10-18/h3-4,6-7,16H,2,5,8-14,19H2,1H3. The Morgan fingerprint density at radius 2 is 2.14 bits per heavy atom. The first-order valence-corrected chi connectivity index (χ1v) is 8.44. The van der Waals surface area contributed by atoms with Crippen molar-refractivity contribution in [3.8, 4) is 0 Å². The van der Waals surface area contributed by atoms with Gasteiger partial charge in [0.1, 0.15) is 0 Å². The second-order valence-corrected chi connectivity index (χ2v) is 6.70. The lowest BCUT2D eigenvalue weighted by atomic mass is 9.73. The highest BCUT2D eigenvalue weighted by Crippen LogP contribution is 2.43. The van der Waals surface area contributed by atoms with Gasteiger partial charge in [-0.15, -0.1) is 0 Å². The fourth-order valence-corrected chi connectivity index (χ4v) is 3.81. The van der Waals surface area contributed by atoms with Crippen LogP contribution in [0.1, 0.15) is 51.0 Å². The molecule has 116 valence electrons. The van der Waals surface area contributed by atoms with E-state index in [1.165, 1.54) is 37.7 Å². The molecule has 1 heterocycles. The maximum atomic E-state index is 6.13. The lowest BCUT2D eigenvalue weighted by molar-refractivity contribution is -0.149. The summed E-state index contributed by atoms with van der Waals surface area (Å²) in [4.78, 5) is 2.63. The third-order valence-electron chi connectivity index (χ3n) is 5.19. The van der Waals surface area contributed by atoms with Gasteiger partial charge in [0.05, 0.1) is 5.60 Å². The first-order chi connectivity index (χ1) is 10.2. The first-order valence-electron chi connectivity index (χ1n) is 8.44. The molecule has 0 amide bonds. The number of anilines is 1. The van der Waals surface area contributed by atoms with Gasteiger partial charge in [-0.3, -0.25) is 4.90 Å². The Balaban J connectivity index is 1.70. The predicted molar refractivity (Wildman–Crippen MR) is 87.1 cm³/mol. The third-order valence-corrected chi connectivity index (χ3v) is 5.19. The molecule has 3 rings (SSSR count). The van der Waals surface area contributed by atoms with E-state index >= 15 is 0 Å². The van der Waals surface area contributed by atoms with Crippen LogP contribution in [-0.4, -0.2) is 29.7 Å². The van der Waals surface area contributed by atoms with Crippen LogP contribution < -0.4 is 5.73 Å². The molecular formula is C18H28N2O. The number of hydrogen-bond acceptors (Lipinski definition) is 3. The minimum absolute atomic E-state index is 0.219. The molecule has 2 N–H and O–H groups in total. The summed E-state index contributed by atoms with van der Waals surface area (Å²) in [7, 11) is 0. The smallest absolute Gasteiger partial charge is 0.0697 e. The van der Waals surface area contributed by atoms with Crippen LogP contribution in [0.5, 0.6) is 0 Å². The molecule has 1 saturated carbocycles.